The zero-order valence-electron chi connectivity index (χ0n) is 32.1. The van der Waals surface area contributed by atoms with Gasteiger partial charge in [-0.05, 0) is 169 Å². The van der Waals surface area contributed by atoms with E-state index in [1.165, 1.54) is 26.4 Å². The first kappa shape index (κ1) is 38.8. The van der Waals surface area contributed by atoms with Gasteiger partial charge in [-0.15, -0.1) is 0 Å². The predicted octanol–water partition coefficient (Wildman–Crippen LogP) is 9.26. The Kier molecular flexibility index (Phi) is 11.7. The maximum atomic E-state index is 12.2. The summed E-state index contributed by atoms with van der Waals surface area (Å²) in [6, 6.07) is 0. The molecule has 4 aliphatic rings. The average Bonchev–Trinajstić information content (AvgIpc) is 3.27. The second-order valence-corrected chi connectivity index (χ2v) is 32.9. The van der Waals surface area contributed by atoms with E-state index < -0.39 is 25.0 Å². The third-order valence-corrected chi connectivity index (χ3v) is 16.0. The first-order valence-corrected chi connectivity index (χ1v) is 29.0. The third-order valence-electron chi connectivity index (χ3n) is 13.0. The largest absolute Gasteiger partial charge is 0.469 e. The Balaban J connectivity index is 1.76. The number of hydrogen-bond acceptors (Lipinski definition) is 6. The van der Waals surface area contributed by atoms with Gasteiger partial charge in [0, 0.05) is 19.1 Å². The Labute approximate surface area is 286 Å². The van der Waals surface area contributed by atoms with Gasteiger partial charge >= 0.3 is 5.97 Å². The molecule has 4 saturated carbocycles. The smallest absolute Gasteiger partial charge is 0.305 e. The van der Waals surface area contributed by atoms with E-state index >= 15 is 0 Å². The number of hydrogen-bond donors (Lipinski definition) is 1. The van der Waals surface area contributed by atoms with Gasteiger partial charge in [-0.1, -0.05) is 20.8 Å². The van der Waals surface area contributed by atoms with Gasteiger partial charge < -0.3 is 23.1 Å². The van der Waals surface area contributed by atoms with Crippen molar-refractivity contribution in [1.82, 2.24) is 0 Å². The second kappa shape index (κ2) is 13.9. The third kappa shape index (κ3) is 8.28. The molecule has 0 aromatic heterocycles. The molecule has 4 aliphatic carbocycles. The lowest BCUT2D eigenvalue weighted by Gasteiger charge is -2.67. The summed E-state index contributed by atoms with van der Waals surface area (Å²) in [7, 11) is -3.94. The summed E-state index contributed by atoms with van der Waals surface area (Å²) in [6.07, 6.45) is 11.8. The summed E-state index contributed by atoms with van der Waals surface area (Å²) in [6.45, 7) is 29.1. The van der Waals surface area contributed by atoms with Gasteiger partial charge in [0.1, 0.15) is 0 Å². The molecule has 46 heavy (non-hydrogen) atoms. The molecular weight excluding hydrogens is 625 g/mol. The molecule has 4 fully saturated rings. The number of carbonyl (C=O) groups is 1. The van der Waals surface area contributed by atoms with Crippen molar-refractivity contribution in [1.29, 1.82) is 0 Å². The highest BCUT2D eigenvalue weighted by Crippen LogP contribution is 2.70. The minimum Gasteiger partial charge on any atom is -0.469 e. The Hall–Kier alpha value is -0.0394. The van der Waals surface area contributed by atoms with Crippen molar-refractivity contribution in [3.8, 4) is 0 Å². The summed E-state index contributed by atoms with van der Waals surface area (Å²) in [5, 5.41) is 9.89. The number of rotatable bonds is 13. The summed E-state index contributed by atoms with van der Waals surface area (Å²) in [4.78, 5) is 12.2. The second-order valence-electron chi connectivity index (χ2n) is 19.5. The van der Waals surface area contributed by atoms with Crippen LogP contribution in [-0.4, -0.2) is 67.6 Å². The minimum absolute atomic E-state index is 0.0712. The topological polar surface area (TPSA) is 74.2 Å². The highest BCUT2D eigenvalue weighted by atomic mass is 28.4. The molecule has 0 aromatic rings. The van der Waals surface area contributed by atoms with Gasteiger partial charge in [-0.3, -0.25) is 4.79 Å². The molecule has 11 atom stereocenters. The van der Waals surface area contributed by atoms with E-state index in [9.17, 15) is 9.90 Å². The van der Waals surface area contributed by atoms with Crippen molar-refractivity contribution >= 4 is 30.9 Å². The van der Waals surface area contributed by atoms with Crippen molar-refractivity contribution in [2.24, 2.45) is 46.3 Å². The molecule has 0 spiro atoms. The molecule has 0 aromatic carbocycles. The quantitative estimate of drug-likeness (QED) is 0.153. The van der Waals surface area contributed by atoms with Crippen LogP contribution in [0.4, 0.5) is 0 Å². The van der Waals surface area contributed by atoms with Gasteiger partial charge in [-0.2, -0.15) is 0 Å². The predicted molar refractivity (Wildman–Crippen MR) is 196 cm³/mol. The fraction of sp³-hybridized carbons (Fsp3) is 0.973. The lowest BCUT2D eigenvalue weighted by atomic mass is 9.42. The van der Waals surface area contributed by atoms with Gasteiger partial charge in [0.15, 0.2) is 25.0 Å². The summed E-state index contributed by atoms with van der Waals surface area (Å²) >= 11 is 0. The van der Waals surface area contributed by atoms with Crippen LogP contribution in [0.2, 0.25) is 58.9 Å². The minimum atomic E-state index is -1.84. The maximum absolute atomic E-state index is 12.2. The van der Waals surface area contributed by atoms with Crippen LogP contribution in [0.1, 0.15) is 91.4 Å². The lowest BCUT2D eigenvalue weighted by molar-refractivity contribution is -0.208. The summed E-state index contributed by atoms with van der Waals surface area (Å²) in [5.74, 6) is 3.11. The van der Waals surface area contributed by atoms with E-state index in [0.717, 1.165) is 44.9 Å². The Bertz CT molecular complexity index is 1050. The van der Waals surface area contributed by atoms with E-state index in [1.54, 1.807) is 0 Å². The molecule has 0 aliphatic heterocycles. The molecule has 268 valence electrons. The molecule has 0 heterocycles. The van der Waals surface area contributed by atoms with Crippen LogP contribution < -0.4 is 0 Å². The molecule has 9 heteroatoms. The molecule has 6 nitrogen and oxygen atoms in total. The van der Waals surface area contributed by atoms with Crippen LogP contribution in [-0.2, 0) is 22.8 Å². The van der Waals surface area contributed by atoms with Gasteiger partial charge in [-0.25, -0.2) is 0 Å². The van der Waals surface area contributed by atoms with E-state index in [4.69, 9.17) is 18.0 Å². The van der Waals surface area contributed by atoms with Crippen LogP contribution in [0.3, 0.4) is 0 Å². The van der Waals surface area contributed by atoms with Gasteiger partial charge in [0.05, 0.1) is 18.8 Å². The van der Waals surface area contributed by atoms with Gasteiger partial charge in [0.25, 0.3) is 0 Å². The van der Waals surface area contributed by atoms with E-state index in [1.807, 2.05) is 0 Å². The molecule has 0 radical (unpaired) electrons. The van der Waals surface area contributed by atoms with Crippen LogP contribution >= 0.6 is 0 Å². The molecule has 1 N–H and O–H groups in total. The van der Waals surface area contributed by atoms with Gasteiger partial charge in [0.2, 0.25) is 0 Å². The van der Waals surface area contributed by atoms with Crippen molar-refractivity contribution in [3.63, 3.8) is 0 Å². The first-order valence-electron chi connectivity index (χ1n) is 18.8. The SMILES string of the molecule is COC(=O)CC[C@@H](C)[C@H]1CC[C@H]2[C@@H]3[C@H](O[Si](C)(C)C)C[C@@H]4C[C@](CCCO)(O[Si](C)(C)C)CC[C@]4(C)[C@H]3C[C@H](O[Si](C)(C)C)[C@]12C. The molecule has 0 bridgehead atoms. The molecule has 4 rings (SSSR count). The number of aliphatic hydroxyl groups is 1. The number of carbonyl (C=O) groups excluding carboxylic acids is 1. The highest BCUT2D eigenvalue weighted by molar-refractivity contribution is 6.70. The first-order chi connectivity index (χ1) is 21.1. The molecule has 0 unspecified atom stereocenters. The van der Waals surface area contributed by atoms with E-state index in [0.29, 0.717) is 41.9 Å². The number of fused-ring (bicyclic) bond motifs is 5. The normalized spacial score (nSPS) is 40.5. The number of ether oxygens (including phenoxy) is 1. The van der Waals surface area contributed by atoms with Crippen LogP contribution in [0.25, 0.3) is 0 Å². The molecular formula is C37H72O6Si3. The van der Waals surface area contributed by atoms with Crippen molar-refractivity contribution in [2.45, 2.75) is 168 Å². The highest BCUT2D eigenvalue weighted by Gasteiger charge is 2.68. The fourth-order valence-electron chi connectivity index (χ4n) is 11.4. The van der Waals surface area contributed by atoms with Crippen molar-refractivity contribution in [2.75, 3.05) is 13.7 Å². The van der Waals surface area contributed by atoms with E-state index in [-0.39, 0.29) is 41.2 Å². The standard InChI is InChI=1S/C37H72O6Si3/c1-26(15-18-33(39)40-4)28-16-17-29-34-30(24-32(36(28,29)3)42-45(8,9)10)35(2)20-21-37(19-14-22-38,43-46(11,12)13)25-27(35)23-31(34)41-44(5,6)7/h26-32,34,38H,14-25H2,1-13H3/t26-,27-,28-,29+,30+,31-,32+,34+,35+,36-,37-/m1/s1. The molecule has 0 amide bonds. The zero-order chi connectivity index (χ0) is 34.5. The van der Waals surface area contributed by atoms with Crippen LogP contribution in [0.5, 0.6) is 0 Å². The van der Waals surface area contributed by atoms with E-state index in [2.05, 4.69) is 79.7 Å². The monoisotopic (exact) mass is 696 g/mol. The number of methoxy groups -OCH3 is 1. The summed E-state index contributed by atoms with van der Waals surface area (Å²) < 4.78 is 26.9. The lowest BCUT2D eigenvalue weighted by Crippen LogP contribution is -2.65. The maximum Gasteiger partial charge on any atom is 0.305 e. The Morgan fingerprint density at radius 1 is 0.891 bits per heavy atom. The number of esters is 1. The average molecular weight is 697 g/mol. The Morgan fingerprint density at radius 3 is 2.11 bits per heavy atom. The summed E-state index contributed by atoms with van der Waals surface area (Å²) in [5.41, 5.74) is 0.174. The van der Waals surface area contributed by atoms with Crippen molar-refractivity contribution in [3.05, 3.63) is 0 Å². The van der Waals surface area contributed by atoms with Crippen LogP contribution in [0, 0.1) is 46.3 Å². The number of aliphatic hydroxyl groups excluding tert-OH is 1. The van der Waals surface area contributed by atoms with Crippen LogP contribution in [0.15, 0.2) is 0 Å². The fourth-order valence-corrected chi connectivity index (χ4v) is 15.4. The Morgan fingerprint density at radius 2 is 1.54 bits per heavy atom. The van der Waals surface area contributed by atoms with Crippen molar-refractivity contribution < 1.29 is 27.9 Å². The zero-order valence-corrected chi connectivity index (χ0v) is 35.1. The molecule has 0 saturated heterocycles.